The van der Waals surface area contributed by atoms with Gasteiger partial charge in [0, 0.05) is 5.69 Å². The van der Waals surface area contributed by atoms with Crippen LogP contribution in [0.15, 0.2) is 59.3 Å². The molecule has 24 heavy (non-hydrogen) atoms. The number of carbonyl (C=O) groups is 2. The van der Waals surface area contributed by atoms with Crippen LogP contribution in [0.3, 0.4) is 0 Å². The van der Waals surface area contributed by atoms with Gasteiger partial charge in [0.2, 0.25) is 0 Å². The number of nitrogens with one attached hydrogen (secondary N) is 1. The van der Waals surface area contributed by atoms with E-state index in [1.807, 2.05) is 24.3 Å². The second-order valence-electron chi connectivity index (χ2n) is 5.26. The lowest BCUT2D eigenvalue weighted by Gasteiger charge is -2.16. The maximum Gasteiger partial charge on any atom is 0.283 e. The molecule has 2 aromatic carbocycles. The first-order chi connectivity index (χ1) is 11.5. The Morgan fingerprint density at radius 3 is 2.25 bits per heavy atom. The third kappa shape index (κ3) is 2.90. The summed E-state index contributed by atoms with van der Waals surface area (Å²) >= 11 is 12.2. The van der Waals surface area contributed by atoms with Crippen molar-refractivity contribution in [3.05, 3.63) is 69.8 Å². The fraction of sp³-hybridized carbons (Fsp3) is 0.111. The van der Waals surface area contributed by atoms with Gasteiger partial charge in [-0.3, -0.25) is 9.59 Å². The minimum Gasteiger partial charge on any atom is -0.350 e. The van der Waals surface area contributed by atoms with Gasteiger partial charge in [0.15, 0.2) is 0 Å². The summed E-state index contributed by atoms with van der Waals surface area (Å²) in [7, 11) is 0. The Balaban J connectivity index is 1.90. The van der Waals surface area contributed by atoms with Crippen molar-refractivity contribution < 1.29 is 9.59 Å². The van der Waals surface area contributed by atoms with Gasteiger partial charge in [0.25, 0.3) is 11.8 Å². The van der Waals surface area contributed by atoms with E-state index in [1.54, 1.807) is 24.3 Å². The first-order valence-electron chi connectivity index (χ1n) is 7.42. The molecule has 6 heteroatoms. The molecule has 0 saturated heterocycles. The number of amides is 2. The van der Waals surface area contributed by atoms with Gasteiger partial charge in [0.05, 0.1) is 10.7 Å². The number of rotatable bonds is 4. The molecular formula is C18H14Cl2N2O2. The Hall–Kier alpha value is -2.30. The van der Waals surface area contributed by atoms with Crippen molar-refractivity contribution >= 4 is 46.4 Å². The number of hydrogen-bond donors (Lipinski definition) is 1. The molecular weight excluding hydrogens is 347 g/mol. The van der Waals surface area contributed by atoms with Crippen molar-refractivity contribution in [3.8, 4) is 0 Å². The van der Waals surface area contributed by atoms with E-state index in [4.69, 9.17) is 23.2 Å². The monoisotopic (exact) mass is 360 g/mol. The molecule has 0 bridgehead atoms. The van der Waals surface area contributed by atoms with Crippen molar-refractivity contribution in [2.24, 2.45) is 0 Å². The zero-order valence-corrected chi connectivity index (χ0v) is 14.4. The third-order valence-corrected chi connectivity index (χ3v) is 4.42. The van der Waals surface area contributed by atoms with E-state index in [2.05, 4.69) is 12.2 Å². The smallest absolute Gasteiger partial charge is 0.283 e. The van der Waals surface area contributed by atoms with Crippen LogP contribution in [-0.2, 0) is 16.0 Å². The molecule has 1 N–H and O–H groups in total. The number of para-hydroxylation sites is 1. The minimum absolute atomic E-state index is 0.0471. The predicted molar refractivity (Wildman–Crippen MR) is 96.3 cm³/mol. The number of nitrogens with zero attached hydrogens (tertiary/aromatic N) is 1. The summed E-state index contributed by atoms with van der Waals surface area (Å²) in [5.74, 6) is -1.12. The second-order valence-corrected chi connectivity index (χ2v) is 6.05. The predicted octanol–water partition coefficient (Wildman–Crippen LogP) is 4.34. The molecule has 0 spiro atoms. The van der Waals surface area contributed by atoms with Crippen molar-refractivity contribution in [2.75, 3.05) is 10.2 Å². The lowest BCUT2D eigenvalue weighted by atomic mass is 10.1. The molecule has 2 aromatic rings. The third-order valence-electron chi connectivity index (χ3n) is 3.75. The molecule has 122 valence electrons. The van der Waals surface area contributed by atoms with Gasteiger partial charge in [-0.1, -0.05) is 54.4 Å². The van der Waals surface area contributed by atoms with Gasteiger partial charge in [0.1, 0.15) is 10.7 Å². The normalized spacial score (nSPS) is 14.5. The topological polar surface area (TPSA) is 49.4 Å². The van der Waals surface area contributed by atoms with E-state index >= 15 is 0 Å². The van der Waals surface area contributed by atoms with Crippen molar-refractivity contribution in [2.45, 2.75) is 13.3 Å². The molecule has 0 aromatic heterocycles. The quantitative estimate of drug-likeness (QED) is 0.825. The van der Waals surface area contributed by atoms with Gasteiger partial charge in [-0.25, -0.2) is 4.90 Å². The fourth-order valence-corrected chi connectivity index (χ4v) is 2.86. The van der Waals surface area contributed by atoms with Crippen LogP contribution in [0.5, 0.6) is 0 Å². The molecule has 0 aliphatic carbocycles. The van der Waals surface area contributed by atoms with Crippen LogP contribution in [0.25, 0.3) is 0 Å². The Kier molecular flexibility index (Phi) is 4.60. The average Bonchev–Trinajstić information content (AvgIpc) is 2.80. The first kappa shape index (κ1) is 16.6. The Bertz CT molecular complexity index is 844. The van der Waals surface area contributed by atoms with Gasteiger partial charge < -0.3 is 5.32 Å². The Morgan fingerprint density at radius 1 is 0.958 bits per heavy atom. The second kappa shape index (κ2) is 6.67. The number of anilines is 2. The highest BCUT2D eigenvalue weighted by atomic mass is 35.5. The molecule has 0 fully saturated rings. The molecule has 0 unspecified atom stereocenters. The number of aryl methyl sites for hydroxylation is 1. The molecule has 0 saturated carbocycles. The van der Waals surface area contributed by atoms with Crippen molar-refractivity contribution in [3.63, 3.8) is 0 Å². The number of halogens is 2. The van der Waals surface area contributed by atoms with Crippen LogP contribution in [0.4, 0.5) is 11.4 Å². The first-order valence-corrected chi connectivity index (χ1v) is 8.17. The summed E-state index contributed by atoms with van der Waals surface area (Å²) in [6.45, 7) is 2.06. The van der Waals surface area contributed by atoms with Crippen molar-refractivity contribution in [1.82, 2.24) is 0 Å². The molecule has 1 heterocycles. The highest BCUT2D eigenvalue weighted by Crippen LogP contribution is 2.33. The zero-order chi connectivity index (χ0) is 17.3. The van der Waals surface area contributed by atoms with E-state index in [0.29, 0.717) is 16.4 Å². The van der Waals surface area contributed by atoms with Crippen LogP contribution >= 0.6 is 23.2 Å². The van der Waals surface area contributed by atoms with E-state index < -0.39 is 11.8 Å². The van der Waals surface area contributed by atoms with E-state index in [-0.39, 0.29) is 10.7 Å². The van der Waals surface area contributed by atoms with Crippen LogP contribution in [0, 0.1) is 0 Å². The molecule has 4 nitrogen and oxygen atoms in total. The summed E-state index contributed by atoms with van der Waals surface area (Å²) in [6, 6.07) is 14.2. The number of carbonyl (C=O) groups excluding carboxylic acids is 2. The number of hydrogen-bond acceptors (Lipinski definition) is 3. The van der Waals surface area contributed by atoms with Crippen molar-refractivity contribution in [1.29, 1.82) is 0 Å². The number of imide groups is 1. The summed E-state index contributed by atoms with van der Waals surface area (Å²) in [4.78, 5) is 26.0. The van der Waals surface area contributed by atoms with E-state index in [1.165, 1.54) is 5.56 Å². The molecule has 3 rings (SSSR count). The summed E-state index contributed by atoms with van der Waals surface area (Å²) in [5.41, 5.74) is 2.21. The maximum absolute atomic E-state index is 12.6. The lowest BCUT2D eigenvalue weighted by molar-refractivity contribution is -0.120. The van der Waals surface area contributed by atoms with E-state index in [9.17, 15) is 9.59 Å². The Labute approximate surface area is 149 Å². The lowest BCUT2D eigenvalue weighted by Crippen LogP contribution is -2.32. The maximum atomic E-state index is 12.6. The van der Waals surface area contributed by atoms with E-state index in [0.717, 1.165) is 11.3 Å². The molecule has 1 aliphatic heterocycles. The molecule has 2 amide bonds. The van der Waals surface area contributed by atoms with Crippen LogP contribution in [0.2, 0.25) is 5.02 Å². The molecule has 0 radical (unpaired) electrons. The Morgan fingerprint density at radius 2 is 1.62 bits per heavy atom. The molecule has 1 aliphatic rings. The standard InChI is InChI=1S/C18H14Cl2N2O2/c1-2-11-7-9-12(10-8-11)21-16-15(20)17(23)22(18(16)24)14-6-4-3-5-13(14)19/h3-10,21H,2H2,1H3. The SMILES string of the molecule is CCc1ccc(NC2=C(Cl)C(=O)N(c3ccccc3Cl)C2=O)cc1. The minimum atomic E-state index is -0.595. The van der Waals surface area contributed by atoms with Crippen LogP contribution < -0.4 is 10.2 Å². The summed E-state index contributed by atoms with van der Waals surface area (Å²) in [6.07, 6.45) is 0.918. The largest absolute Gasteiger partial charge is 0.350 e. The average molecular weight is 361 g/mol. The highest BCUT2D eigenvalue weighted by molar-refractivity contribution is 6.53. The summed E-state index contributed by atoms with van der Waals surface area (Å²) < 4.78 is 0. The van der Waals surface area contributed by atoms with Crippen LogP contribution in [0.1, 0.15) is 12.5 Å². The van der Waals surface area contributed by atoms with Gasteiger partial charge >= 0.3 is 0 Å². The highest BCUT2D eigenvalue weighted by Gasteiger charge is 2.39. The molecule has 0 atom stereocenters. The summed E-state index contributed by atoms with van der Waals surface area (Å²) in [5, 5.41) is 3.08. The zero-order valence-electron chi connectivity index (χ0n) is 12.8. The number of benzene rings is 2. The van der Waals surface area contributed by atoms with Gasteiger partial charge in [-0.05, 0) is 36.2 Å². The van der Waals surface area contributed by atoms with Gasteiger partial charge in [-0.15, -0.1) is 0 Å². The van der Waals surface area contributed by atoms with Crippen LogP contribution in [-0.4, -0.2) is 11.8 Å². The van der Waals surface area contributed by atoms with Gasteiger partial charge in [-0.2, -0.15) is 0 Å². The fourth-order valence-electron chi connectivity index (χ4n) is 2.43.